The summed E-state index contributed by atoms with van der Waals surface area (Å²) in [5.41, 5.74) is 0. The zero-order valence-electron chi connectivity index (χ0n) is 9.61. The van der Waals surface area contributed by atoms with Crippen molar-refractivity contribution in [2.45, 2.75) is 36.9 Å². The summed E-state index contributed by atoms with van der Waals surface area (Å²) in [5.74, 6) is 0. The number of nitrogens with zero attached hydrogens (tertiary/aromatic N) is 1. The minimum Gasteiger partial charge on any atom is -0.394 e. The summed E-state index contributed by atoms with van der Waals surface area (Å²) in [7, 11) is 0. The van der Waals surface area contributed by atoms with Crippen molar-refractivity contribution in [2.75, 3.05) is 26.2 Å². The molecule has 1 fully saturated rings. The molecule has 1 saturated heterocycles. The summed E-state index contributed by atoms with van der Waals surface area (Å²) in [6.07, 6.45) is -4.83. The molecular weight excluding hydrogens is 228 g/mol. The maximum Gasteiger partial charge on any atom is 0.111 e. The molecule has 1 heterocycles. The second-order valence-corrected chi connectivity index (χ2v) is 4.32. The Morgan fingerprint density at radius 3 is 2.29 bits per heavy atom. The molecule has 0 aromatic carbocycles. The van der Waals surface area contributed by atoms with Gasteiger partial charge in [0.05, 0.1) is 12.7 Å². The molecule has 1 rings (SSSR count). The minimum atomic E-state index is -1.56. The molecule has 6 N–H and O–H groups in total. The summed E-state index contributed by atoms with van der Waals surface area (Å²) in [6.45, 7) is 0.920. The number of hydrogen-bond donors (Lipinski definition) is 6. The Labute approximate surface area is 100 Å². The smallest absolute Gasteiger partial charge is 0.111 e. The lowest BCUT2D eigenvalue weighted by Gasteiger charge is -2.26. The maximum absolute atomic E-state index is 9.60. The second-order valence-electron chi connectivity index (χ2n) is 4.32. The second kappa shape index (κ2) is 7.22. The van der Waals surface area contributed by atoms with E-state index >= 15 is 0 Å². The molecule has 0 amide bonds. The van der Waals surface area contributed by atoms with Crippen LogP contribution in [-0.2, 0) is 0 Å². The first kappa shape index (κ1) is 14.8. The van der Waals surface area contributed by atoms with Crippen molar-refractivity contribution in [1.29, 1.82) is 0 Å². The molecular formula is C10H21N2O5. The topological polar surface area (TPSA) is 127 Å². The number of aliphatic hydroxyl groups is 5. The first-order valence-electron chi connectivity index (χ1n) is 5.76. The number of nitrogens with one attached hydrogen (secondary N) is 1. The van der Waals surface area contributed by atoms with Gasteiger partial charge in [0.25, 0.3) is 0 Å². The summed E-state index contributed by atoms with van der Waals surface area (Å²) < 4.78 is 0. The van der Waals surface area contributed by atoms with Gasteiger partial charge in [-0.15, -0.1) is 0 Å². The predicted molar refractivity (Wildman–Crippen MR) is 59.4 cm³/mol. The Morgan fingerprint density at radius 2 is 1.76 bits per heavy atom. The standard InChI is InChI=1S/C10H21N2O5/c13-5-8(15)10(17)9(16)7(14)4-12-6-1-2-11-3-6/h6-10,12-17H,1-5H2/t6?,7-,8-,9-,10-/m0/s1. The van der Waals surface area contributed by atoms with E-state index in [2.05, 4.69) is 10.6 Å². The SMILES string of the molecule is OC[C@H](O)[C@H](O)[C@@H](O)[C@@H](O)CNC1CC[N]C1. The van der Waals surface area contributed by atoms with Crippen LogP contribution in [0.25, 0.3) is 0 Å². The Balaban J connectivity index is 2.27. The van der Waals surface area contributed by atoms with Crippen LogP contribution in [0.15, 0.2) is 0 Å². The number of aliphatic hydroxyl groups excluding tert-OH is 5. The predicted octanol–water partition coefficient (Wildman–Crippen LogP) is -3.61. The van der Waals surface area contributed by atoms with Gasteiger partial charge in [-0.1, -0.05) is 0 Å². The van der Waals surface area contributed by atoms with Gasteiger partial charge in [0.2, 0.25) is 0 Å². The first-order chi connectivity index (χ1) is 8.06. The molecule has 1 radical (unpaired) electrons. The monoisotopic (exact) mass is 249 g/mol. The number of hydrogen-bond acceptors (Lipinski definition) is 6. The van der Waals surface area contributed by atoms with Crippen molar-refractivity contribution >= 4 is 0 Å². The van der Waals surface area contributed by atoms with E-state index in [4.69, 9.17) is 10.2 Å². The molecule has 7 nitrogen and oxygen atoms in total. The van der Waals surface area contributed by atoms with Crippen LogP contribution in [0.4, 0.5) is 0 Å². The van der Waals surface area contributed by atoms with Gasteiger partial charge in [-0.05, 0) is 6.42 Å². The molecule has 1 unspecified atom stereocenters. The van der Waals surface area contributed by atoms with Crippen LogP contribution >= 0.6 is 0 Å². The number of rotatable bonds is 7. The first-order valence-corrected chi connectivity index (χ1v) is 5.76. The van der Waals surface area contributed by atoms with Gasteiger partial charge in [0, 0.05) is 25.7 Å². The fourth-order valence-corrected chi connectivity index (χ4v) is 1.72. The van der Waals surface area contributed by atoms with Gasteiger partial charge in [-0.3, -0.25) is 0 Å². The molecule has 7 heteroatoms. The fourth-order valence-electron chi connectivity index (χ4n) is 1.72. The minimum absolute atomic E-state index is 0.108. The van der Waals surface area contributed by atoms with Gasteiger partial charge in [0.1, 0.15) is 18.3 Å². The van der Waals surface area contributed by atoms with Crippen LogP contribution in [0, 0.1) is 0 Å². The van der Waals surface area contributed by atoms with E-state index in [1.54, 1.807) is 0 Å². The lowest BCUT2D eigenvalue weighted by Crippen LogP contribution is -2.50. The highest BCUT2D eigenvalue weighted by Crippen LogP contribution is 2.06. The molecule has 101 valence electrons. The van der Waals surface area contributed by atoms with Gasteiger partial charge < -0.3 is 30.8 Å². The zero-order chi connectivity index (χ0) is 12.8. The molecule has 0 aromatic heterocycles. The van der Waals surface area contributed by atoms with Crippen molar-refractivity contribution < 1.29 is 25.5 Å². The van der Waals surface area contributed by atoms with Gasteiger partial charge in [0.15, 0.2) is 0 Å². The lowest BCUT2D eigenvalue weighted by molar-refractivity contribution is -0.114. The maximum atomic E-state index is 9.60. The molecule has 0 bridgehead atoms. The molecule has 17 heavy (non-hydrogen) atoms. The van der Waals surface area contributed by atoms with Crippen molar-refractivity contribution in [3.63, 3.8) is 0 Å². The van der Waals surface area contributed by atoms with E-state index in [0.29, 0.717) is 6.54 Å². The van der Waals surface area contributed by atoms with Gasteiger partial charge in [-0.25, -0.2) is 5.32 Å². The molecule has 0 aliphatic carbocycles. The normalized spacial score (nSPS) is 27.7. The van der Waals surface area contributed by atoms with E-state index in [0.717, 1.165) is 13.0 Å². The summed E-state index contributed by atoms with van der Waals surface area (Å²) in [6, 6.07) is 0.191. The zero-order valence-corrected chi connectivity index (χ0v) is 9.61. The largest absolute Gasteiger partial charge is 0.394 e. The average Bonchev–Trinajstić information content (AvgIpc) is 2.86. The molecule has 1 aliphatic rings. The molecule has 0 spiro atoms. The fraction of sp³-hybridized carbons (Fsp3) is 1.00. The Morgan fingerprint density at radius 1 is 1.12 bits per heavy atom. The average molecular weight is 249 g/mol. The van der Waals surface area contributed by atoms with E-state index < -0.39 is 31.0 Å². The van der Waals surface area contributed by atoms with Crippen molar-refractivity contribution in [2.24, 2.45) is 0 Å². The highest BCUT2D eigenvalue weighted by atomic mass is 16.4. The highest BCUT2D eigenvalue weighted by Gasteiger charge is 2.30. The van der Waals surface area contributed by atoms with Crippen molar-refractivity contribution in [1.82, 2.24) is 10.6 Å². The third-order valence-corrected chi connectivity index (χ3v) is 2.93. The Bertz CT molecular complexity index is 213. The quantitative estimate of drug-likeness (QED) is 0.276. The van der Waals surface area contributed by atoms with Crippen LogP contribution in [-0.4, -0.2) is 82.2 Å². The van der Waals surface area contributed by atoms with Crippen LogP contribution in [0.2, 0.25) is 0 Å². The highest BCUT2D eigenvalue weighted by molar-refractivity contribution is 4.84. The van der Waals surface area contributed by atoms with E-state index in [9.17, 15) is 15.3 Å². The van der Waals surface area contributed by atoms with Crippen molar-refractivity contribution in [3.8, 4) is 0 Å². The molecule has 1 aliphatic heterocycles. The van der Waals surface area contributed by atoms with Crippen LogP contribution in [0.1, 0.15) is 6.42 Å². The van der Waals surface area contributed by atoms with E-state index in [1.165, 1.54) is 0 Å². The third kappa shape index (κ3) is 4.47. The summed E-state index contributed by atoms with van der Waals surface area (Å²) >= 11 is 0. The third-order valence-electron chi connectivity index (χ3n) is 2.93. The van der Waals surface area contributed by atoms with Crippen molar-refractivity contribution in [3.05, 3.63) is 0 Å². The van der Waals surface area contributed by atoms with E-state index in [1.807, 2.05) is 0 Å². The molecule has 0 aromatic rings. The Kier molecular flexibility index (Phi) is 6.28. The molecule has 0 saturated carbocycles. The lowest BCUT2D eigenvalue weighted by atomic mass is 10.0. The Hall–Kier alpha value is -0.280. The summed E-state index contributed by atoms with van der Waals surface area (Å²) in [5, 5.41) is 53.4. The van der Waals surface area contributed by atoms with E-state index in [-0.39, 0.29) is 12.6 Å². The van der Waals surface area contributed by atoms with Crippen LogP contribution in [0.3, 0.4) is 0 Å². The van der Waals surface area contributed by atoms with Gasteiger partial charge >= 0.3 is 0 Å². The van der Waals surface area contributed by atoms with Gasteiger partial charge in [-0.2, -0.15) is 0 Å². The van der Waals surface area contributed by atoms with Crippen LogP contribution in [0.5, 0.6) is 0 Å². The summed E-state index contributed by atoms with van der Waals surface area (Å²) in [4.78, 5) is 0. The molecule has 5 atom stereocenters. The van der Waals surface area contributed by atoms with Crippen LogP contribution < -0.4 is 10.6 Å².